The van der Waals surface area contributed by atoms with Crippen LogP contribution in [-0.2, 0) is 4.79 Å². The van der Waals surface area contributed by atoms with Gasteiger partial charge >= 0.3 is 0 Å². The molecule has 1 saturated heterocycles. The van der Waals surface area contributed by atoms with Gasteiger partial charge in [0.25, 0.3) is 5.69 Å². The second kappa shape index (κ2) is 4.43. The SMILES string of the molecule is Nc1cc(Cl)c([N+](=O)[O-])cc1N1CC(N)CC1=O. The first-order valence-electron chi connectivity index (χ1n) is 5.19. The molecule has 0 radical (unpaired) electrons. The molecule has 1 aliphatic rings. The number of nitrogens with zero attached hydrogens (tertiary/aromatic N) is 2. The van der Waals surface area contributed by atoms with Gasteiger partial charge in [0.05, 0.1) is 16.3 Å². The molecule has 0 aliphatic carbocycles. The van der Waals surface area contributed by atoms with E-state index in [0.29, 0.717) is 6.54 Å². The Kier molecular flexibility index (Phi) is 3.10. The number of benzene rings is 1. The van der Waals surface area contributed by atoms with E-state index in [1.54, 1.807) is 0 Å². The van der Waals surface area contributed by atoms with E-state index < -0.39 is 4.92 Å². The van der Waals surface area contributed by atoms with E-state index >= 15 is 0 Å². The maximum atomic E-state index is 11.7. The molecule has 1 amide bonds. The van der Waals surface area contributed by atoms with Crippen LogP contribution in [0.1, 0.15) is 6.42 Å². The topological polar surface area (TPSA) is 115 Å². The van der Waals surface area contributed by atoms with Gasteiger partial charge in [0, 0.05) is 25.1 Å². The molecule has 1 atom stereocenters. The van der Waals surface area contributed by atoms with Crippen LogP contribution in [0.5, 0.6) is 0 Å². The van der Waals surface area contributed by atoms with E-state index in [9.17, 15) is 14.9 Å². The first-order valence-corrected chi connectivity index (χ1v) is 5.57. The number of carbonyl (C=O) groups is 1. The molecule has 2 rings (SSSR count). The molecule has 1 heterocycles. The third kappa shape index (κ3) is 2.09. The van der Waals surface area contributed by atoms with Gasteiger partial charge in [-0.15, -0.1) is 0 Å². The second-order valence-electron chi connectivity index (χ2n) is 4.09. The minimum atomic E-state index is -0.619. The van der Waals surface area contributed by atoms with Gasteiger partial charge in [-0.05, 0) is 6.07 Å². The zero-order chi connectivity index (χ0) is 13.4. The van der Waals surface area contributed by atoms with E-state index in [0.717, 1.165) is 0 Å². The van der Waals surface area contributed by atoms with Gasteiger partial charge in [0.2, 0.25) is 5.91 Å². The van der Waals surface area contributed by atoms with Crippen LogP contribution < -0.4 is 16.4 Å². The molecule has 96 valence electrons. The number of nitrogen functional groups attached to an aromatic ring is 1. The summed E-state index contributed by atoms with van der Waals surface area (Å²) in [5, 5.41) is 10.7. The Morgan fingerprint density at radius 3 is 2.67 bits per heavy atom. The van der Waals surface area contributed by atoms with Crippen LogP contribution in [0.4, 0.5) is 17.1 Å². The van der Waals surface area contributed by atoms with Crippen molar-refractivity contribution in [3.63, 3.8) is 0 Å². The molecule has 1 unspecified atom stereocenters. The Morgan fingerprint density at radius 2 is 2.17 bits per heavy atom. The van der Waals surface area contributed by atoms with Gasteiger partial charge in [-0.25, -0.2) is 0 Å². The lowest BCUT2D eigenvalue weighted by Gasteiger charge is -2.18. The summed E-state index contributed by atoms with van der Waals surface area (Å²) in [6.45, 7) is 0.293. The molecule has 1 fully saturated rings. The summed E-state index contributed by atoms with van der Waals surface area (Å²) in [5.41, 5.74) is 11.6. The highest BCUT2D eigenvalue weighted by Gasteiger charge is 2.31. The van der Waals surface area contributed by atoms with Gasteiger partial charge in [0.15, 0.2) is 0 Å². The first-order chi connectivity index (χ1) is 8.40. The Bertz CT molecular complexity index is 534. The Morgan fingerprint density at radius 1 is 1.50 bits per heavy atom. The Balaban J connectivity index is 2.48. The number of nitrogens with two attached hydrogens (primary N) is 2. The molecule has 0 spiro atoms. The lowest BCUT2D eigenvalue weighted by atomic mass is 10.2. The van der Waals surface area contributed by atoms with E-state index in [1.807, 2.05) is 0 Å². The van der Waals surface area contributed by atoms with Crippen LogP contribution in [0.25, 0.3) is 0 Å². The van der Waals surface area contributed by atoms with Crippen molar-refractivity contribution < 1.29 is 9.72 Å². The minimum absolute atomic E-state index is 0.0582. The number of rotatable bonds is 2. The fourth-order valence-electron chi connectivity index (χ4n) is 1.91. The Labute approximate surface area is 107 Å². The van der Waals surface area contributed by atoms with Crippen molar-refractivity contribution in [2.45, 2.75) is 12.5 Å². The molecular formula is C10H11ClN4O3. The lowest BCUT2D eigenvalue weighted by Crippen LogP contribution is -2.28. The van der Waals surface area contributed by atoms with Gasteiger partial charge in [-0.3, -0.25) is 14.9 Å². The van der Waals surface area contributed by atoms with Crippen molar-refractivity contribution >= 4 is 34.6 Å². The normalized spacial score (nSPS) is 19.3. The van der Waals surface area contributed by atoms with Gasteiger partial charge in [0.1, 0.15) is 5.02 Å². The highest BCUT2D eigenvalue weighted by Crippen LogP contribution is 2.36. The van der Waals surface area contributed by atoms with Crippen LogP contribution in [0.15, 0.2) is 12.1 Å². The Hall–Kier alpha value is -1.86. The zero-order valence-electron chi connectivity index (χ0n) is 9.30. The minimum Gasteiger partial charge on any atom is -0.397 e. The highest BCUT2D eigenvalue weighted by molar-refractivity contribution is 6.33. The van der Waals surface area contributed by atoms with E-state index in [-0.39, 0.29) is 40.5 Å². The molecule has 1 aliphatic heterocycles. The van der Waals surface area contributed by atoms with Gasteiger partial charge in [-0.2, -0.15) is 0 Å². The predicted octanol–water partition coefficient (Wildman–Crippen LogP) is 0.894. The molecule has 4 N–H and O–H groups in total. The summed E-state index contributed by atoms with van der Waals surface area (Å²) in [6.07, 6.45) is 0.204. The van der Waals surface area contributed by atoms with Crippen molar-refractivity contribution in [1.82, 2.24) is 0 Å². The average molecular weight is 271 g/mol. The highest BCUT2D eigenvalue weighted by atomic mass is 35.5. The quantitative estimate of drug-likeness (QED) is 0.470. The van der Waals surface area contributed by atoms with Crippen LogP contribution in [0.2, 0.25) is 5.02 Å². The van der Waals surface area contributed by atoms with Crippen LogP contribution in [0, 0.1) is 10.1 Å². The van der Waals surface area contributed by atoms with E-state index in [4.69, 9.17) is 23.1 Å². The summed E-state index contributed by atoms with van der Waals surface area (Å²) in [4.78, 5) is 23.2. The summed E-state index contributed by atoms with van der Waals surface area (Å²) in [7, 11) is 0. The smallest absolute Gasteiger partial charge is 0.290 e. The average Bonchev–Trinajstić information content (AvgIpc) is 2.57. The number of carbonyl (C=O) groups excluding carboxylic acids is 1. The van der Waals surface area contributed by atoms with Crippen molar-refractivity contribution in [2.24, 2.45) is 5.73 Å². The predicted molar refractivity (Wildman–Crippen MR) is 67.5 cm³/mol. The first kappa shape index (κ1) is 12.6. The lowest BCUT2D eigenvalue weighted by molar-refractivity contribution is -0.384. The maximum absolute atomic E-state index is 11.7. The molecular weight excluding hydrogens is 260 g/mol. The molecule has 0 saturated carbocycles. The van der Waals surface area contributed by atoms with Crippen LogP contribution >= 0.6 is 11.6 Å². The number of halogens is 1. The monoisotopic (exact) mass is 270 g/mol. The molecule has 8 heteroatoms. The third-order valence-electron chi connectivity index (χ3n) is 2.74. The molecule has 0 bridgehead atoms. The number of hydrogen-bond acceptors (Lipinski definition) is 5. The molecule has 1 aromatic rings. The van der Waals surface area contributed by atoms with Crippen LogP contribution in [-0.4, -0.2) is 23.4 Å². The third-order valence-corrected chi connectivity index (χ3v) is 3.04. The number of anilines is 2. The number of nitro benzene ring substituents is 1. The summed E-state index contributed by atoms with van der Waals surface area (Å²) in [6, 6.07) is 2.19. The molecule has 18 heavy (non-hydrogen) atoms. The summed E-state index contributed by atoms with van der Waals surface area (Å²) in [5.74, 6) is -0.203. The molecule has 7 nitrogen and oxygen atoms in total. The summed E-state index contributed by atoms with van der Waals surface area (Å²) >= 11 is 5.72. The fraction of sp³-hybridized carbons (Fsp3) is 0.300. The van der Waals surface area contributed by atoms with Crippen molar-refractivity contribution in [3.8, 4) is 0 Å². The standard InChI is InChI=1S/C10H11ClN4O3/c11-6-2-7(13)9(3-8(6)15(17)18)14-4-5(12)1-10(14)16/h2-3,5H,1,4,12-13H2. The van der Waals surface area contributed by atoms with Gasteiger partial charge < -0.3 is 16.4 Å². The van der Waals surface area contributed by atoms with Crippen molar-refractivity contribution in [2.75, 3.05) is 17.2 Å². The molecule has 1 aromatic carbocycles. The number of hydrogen-bond donors (Lipinski definition) is 2. The maximum Gasteiger partial charge on any atom is 0.290 e. The zero-order valence-corrected chi connectivity index (χ0v) is 10.1. The van der Waals surface area contributed by atoms with E-state index in [1.165, 1.54) is 17.0 Å². The molecule has 0 aromatic heterocycles. The number of nitro groups is 1. The second-order valence-corrected chi connectivity index (χ2v) is 4.50. The summed E-state index contributed by atoms with van der Waals surface area (Å²) < 4.78 is 0. The van der Waals surface area contributed by atoms with Crippen LogP contribution in [0.3, 0.4) is 0 Å². The van der Waals surface area contributed by atoms with Gasteiger partial charge in [-0.1, -0.05) is 11.6 Å². The number of amides is 1. The van der Waals surface area contributed by atoms with Crippen molar-refractivity contribution in [3.05, 3.63) is 27.3 Å². The fourth-order valence-corrected chi connectivity index (χ4v) is 2.15. The van der Waals surface area contributed by atoms with E-state index in [2.05, 4.69) is 0 Å². The largest absolute Gasteiger partial charge is 0.397 e. The van der Waals surface area contributed by atoms with Crippen molar-refractivity contribution in [1.29, 1.82) is 0 Å².